The summed E-state index contributed by atoms with van der Waals surface area (Å²) in [6, 6.07) is 0. The summed E-state index contributed by atoms with van der Waals surface area (Å²) in [6.07, 6.45) is 0.715. The maximum atomic E-state index is 9.19. The van der Waals surface area contributed by atoms with Crippen LogP contribution in [0, 0.1) is 0 Å². The van der Waals surface area contributed by atoms with Crippen LogP contribution in [0.15, 0.2) is 0 Å². The molecule has 0 rings (SSSR count). The largest absolute Gasteiger partial charge is 0.481 e. The highest BCUT2D eigenvalue weighted by molar-refractivity contribution is 7.85. The fourth-order valence-corrected chi connectivity index (χ4v) is 0. The van der Waals surface area contributed by atoms with Gasteiger partial charge in [-0.15, -0.1) is 0 Å². The van der Waals surface area contributed by atoms with Crippen LogP contribution in [0.4, 0.5) is 0 Å². The number of aliphatic carboxylic acids is 1. The van der Waals surface area contributed by atoms with E-state index in [1.807, 2.05) is 0 Å². The standard InChI is InChI=1S/C2H4O2.CH4O3S/c1-2(3)4;1-5(2,3)4/h1H3,(H,3,4);1H3,(H,2,3,4). The number of carboxylic acids is 1. The second-order valence-electron chi connectivity index (χ2n) is 1.25. The third kappa shape index (κ3) is 556. The van der Waals surface area contributed by atoms with Crippen molar-refractivity contribution in [2.75, 3.05) is 6.26 Å². The Morgan fingerprint density at radius 2 is 1.44 bits per heavy atom. The highest BCUT2D eigenvalue weighted by atomic mass is 32.2. The Kier molecular flexibility index (Phi) is 5.33. The van der Waals surface area contributed by atoms with Crippen molar-refractivity contribution < 1.29 is 22.9 Å². The van der Waals surface area contributed by atoms with Gasteiger partial charge in [0.15, 0.2) is 0 Å². The van der Waals surface area contributed by atoms with Crippen molar-refractivity contribution in [3.63, 3.8) is 0 Å². The molecule has 56 valence electrons. The summed E-state index contributed by atoms with van der Waals surface area (Å²) in [5.41, 5.74) is 0. The summed E-state index contributed by atoms with van der Waals surface area (Å²) in [6.45, 7) is 1.08. The molecule has 0 spiro atoms. The topological polar surface area (TPSA) is 91.7 Å². The molecule has 0 radical (unpaired) electrons. The van der Waals surface area contributed by atoms with E-state index in [0.29, 0.717) is 6.26 Å². The molecule has 0 atom stereocenters. The lowest BCUT2D eigenvalue weighted by Crippen LogP contribution is -1.88. The summed E-state index contributed by atoms with van der Waals surface area (Å²) >= 11 is 0. The first kappa shape index (κ1) is 11.2. The third-order valence-corrected chi connectivity index (χ3v) is 0. The lowest BCUT2D eigenvalue weighted by Gasteiger charge is -1.69. The van der Waals surface area contributed by atoms with E-state index < -0.39 is 16.1 Å². The Morgan fingerprint density at radius 3 is 1.44 bits per heavy atom. The van der Waals surface area contributed by atoms with Crippen molar-refractivity contribution in [3.05, 3.63) is 0 Å². The molecular weight excluding hydrogens is 148 g/mol. The zero-order valence-electron chi connectivity index (χ0n) is 5.03. The Balaban J connectivity index is 0. The maximum Gasteiger partial charge on any atom is 0.300 e. The molecule has 0 aromatic heterocycles. The van der Waals surface area contributed by atoms with E-state index in [2.05, 4.69) is 0 Å². The summed E-state index contributed by atoms with van der Waals surface area (Å²) in [5, 5.41) is 7.42. The molecule has 0 fully saturated rings. The highest BCUT2D eigenvalue weighted by Gasteiger charge is 1.81. The molecule has 0 unspecified atom stereocenters. The van der Waals surface area contributed by atoms with E-state index in [1.54, 1.807) is 0 Å². The van der Waals surface area contributed by atoms with Crippen LogP contribution < -0.4 is 0 Å². The van der Waals surface area contributed by atoms with Gasteiger partial charge in [0.1, 0.15) is 0 Å². The SMILES string of the molecule is CC(=O)O.CS(=O)(=O)O. The quantitative estimate of drug-likeness (QED) is 0.465. The predicted octanol–water partition coefficient (Wildman–Crippen LogP) is -0.405. The van der Waals surface area contributed by atoms with Gasteiger partial charge in [0.05, 0.1) is 6.26 Å². The number of carbonyl (C=O) groups is 1. The average Bonchev–Trinajstić information content (AvgIpc) is 1.19. The van der Waals surface area contributed by atoms with E-state index in [0.717, 1.165) is 6.92 Å². The van der Waals surface area contributed by atoms with Crippen molar-refractivity contribution in [2.24, 2.45) is 0 Å². The Hall–Kier alpha value is -0.620. The Bertz CT molecular complexity index is 155. The zero-order chi connectivity index (χ0) is 8.08. The van der Waals surface area contributed by atoms with Gasteiger partial charge in [-0.2, -0.15) is 8.42 Å². The van der Waals surface area contributed by atoms with Crippen LogP contribution in [0.2, 0.25) is 0 Å². The molecule has 0 saturated heterocycles. The fourth-order valence-electron chi connectivity index (χ4n) is 0. The van der Waals surface area contributed by atoms with Crippen molar-refractivity contribution in [1.29, 1.82) is 0 Å². The molecule has 0 bridgehead atoms. The van der Waals surface area contributed by atoms with Crippen LogP contribution in [0.1, 0.15) is 6.92 Å². The van der Waals surface area contributed by atoms with Gasteiger partial charge in [0, 0.05) is 6.92 Å². The van der Waals surface area contributed by atoms with Gasteiger partial charge in [0.2, 0.25) is 0 Å². The minimum Gasteiger partial charge on any atom is -0.481 e. The first-order chi connectivity index (χ1) is 3.73. The van der Waals surface area contributed by atoms with Crippen molar-refractivity contribution in [1.82, 2.24) is 0 Å². The lowest BCUT2D eigenvalue weighted by molar-refractivity contribution is -0.134. The minimum atomic E-state index is -3.67. The predicted molar refractivity (Wildman–Crippen MR) is 30.8 cm³/mol. The van der Waals surface area contributed by atoms with Gasteiger partial charge in [-0.3, -0.25) is 9.35 Å². The average molecular weight is 156 g/mol. The smallest absolute Gasteiger partial charge is 0.300 e. The Labute approximate surface area is 53.1 Å². The minimum absolute atomic E-state index is 0.715. The van der Waals surface area contributed by atoms with E-state index in [9.17, 15) is 8.42 Å². The van der Waals surface area contributed by atoms with E-state index >= 15 is 0 Å². The van der Waals surface area contributed by atoms with Crippen molar-refractivity contribution in [2.45, 2.75) is 6.92 Å². The third-order valence-electron chi connectivity index (χ3n) is 0. The molecule has 0 aliphatic rings. The molecule has 9 heavy (non-hydrogen) atoms. The molecule has 0 aromatic rings. The number of hydrogen-bond acceptors (Lipinski definition) is 3. The molecule has 0 aromatic carbocycles. The number of hydrogen-bond donors (Lipinski definition) is 2. The first-order valence-corrected chi connectivity index (χ1v) is 3.70. The van der Waals surface area contributed by atoms with Crippen LogP contribution in [-0.2, 0) is 14.9 Å². The van der Waals surface area contributed by atoms with E-state index in [-0.39, 0.29) is 0 Å². The molecule has 0 aliphatic heterocycles. The number of carboxylic acid groups (broad SMARTS) is 1. The van der Waals surface area contributed by atoms with E-state index in [1.165, 1.54) is 0 Å². The molecule has 0 amide bonds. The normalized spacial score (nSPS) is 9.22. The van der Waals surface area contributed by atoms with Crippen molar-refractivity contribution in [3.8, 4) is 0 Å². The molecule has 5 nitrogen and oxygen atoms in total. The van der Waals surface area contributed by atoms with E-state index in [4.69, 9.17) is 14.5 Å². The van der Waals surface area contributed by atoms with Crippen LogP contribution in [-0.4, -0.2) is 30.3 Å². The van der Waals surface area contributed by atoms with Gasteiger partial charge < -0.3 is 5.11 Å². The molecule has 0 saturated carbocycles. The van der Waals surface area contributed by atoms with Crippen LogP contribution >= 0.6 is 0 Å². The highest BCUT2D eigenvalue weighted by Crippen LogP contribution is 1.60. The second kappa shape index (κ2) is 4.28. The van der Waals surface area contributed by atoms with Crippen LogP contribution in [0.5, 0.6) is 0 Å². The van der Waals surface area contributed by atoms with Crippen LogP contribution in [0.3, 0.4) is 0 Å². The second-order valence-corrected chi connectivity index (χ2v) is 2.72. The van der Waals surface area contributed by atoms with Gasteiger partial charge in [-0.25, -0.2) is 0 Å². The summed E-state index contributed by atoms with van der Waals surface area (Å²) in [5.74, 6) is -0.833. The Morgan fingerprint density at radius 1 is 1.44 bits per heavy atom. The monoisotopic (exact) mass is 156 g/mol. The lowest BCUT2D eigenvalue weighted by atomic mass is 10.9. The summed E-state index contributed by atoms with van der Waals surface area (Å²) < 4.78 is 25.9. The summed E-state index contributed by atoms with van der Waals surface area (Å²) in [4.78, 5) is 9.00. The maximum absolute atomic E-state index is 9.19. The van der Waals surface area contributed by atoms with Crippen molar-refractivity contribution >= 4 is 16.1 Å². The molecule has 6 heteroatoms. The number of rotatable bonds is 0. The molecule has 0 aliphatic carbocycles. The molecule has 0 heterocycles. The zero-order valence-corrected chi connectivity index (χ0v) is 5.84. The summed E-state index contributed by atoms with van der Waals surface area (Å²) in [7, 11) is -3.67. The molecular formula is C3H8O5S. The first-order valence-electron chi connectivity index (χ1n) is 1.85. The van der Waals surface area contributed by atoms with Gasteiger partial charge in [0.25, 0.3) is 16.1 Å². The van der Waals surface area contributed by atoms with Gasteiger partial charge in [-0.1, -0.05) is 0 Å². The van der Waals surface area contributed by atoms with Crippen LogP contribution in [0.25, 0.3) is 0 Å². The van der Waals surface area contributed by atoms with Gasteiger partial charge >= 0.3 is 0 Å². The van der Waals surface area contributed by atoms with Gasteiger partial charge in [-0.05, 0) is 0 Å². The molecule has 2 N–H and O–H groups in total. The fraction of sp³-hybridized carbons (Fsp3) is 0.667.